The van der Waals surface area contributed by atoms with Crippen molar-refractivity contribution in [2.45, 2.75) is 18.9 Å². The Bertz CT molecular complexity index is 887. The highest BCUT2D eigenvalue weighted by Crippen LogP contribution is 2.38. The fourth-order valence-electron chi connectivity index (χ4n) is 3.13. The normalized spacial score (nSPS) is 16.2. The number of carbonyl (C=O) groups is 1. The second kappa shape index (κ2) is 9.04. The average Bonchev–Trinajstić information content (AvgIpc) is 3.54. The lowest BCUT2D eigenvalue weighted by atomic mass is 9.95. The van der Waals surface area contributed by atoms with Crippen LogP contribution in [-0.4, -0.2) is 19.4 Å². The molecule has 4 N–H and O–H groups in total. The Morgan fingerprint density at radius 2 is 1.75 bits per heavy atom. The van der Waals surface area contributed by atoms with Crippen LogP contribution >= 0.6 is 11.6 Å². The molecule has 4 nitrogen and oxygen atoms in total. The summed E-state index contributed by atoms with van der Waals surface area (Å²) in [7, 11) is 1.79. The summed E-state index contributed by atoms with van der Waals surface area (Å²) in [5.74, 6) is 0.774. The van der Waals surface area contributed by atoms with Crippen LogP contribution in [0.1, 0.15) is 24.0 Å². The lowest BCUT2D eigenvalue weighted by Crippen LogP contribution is -2.32. The highest BCUT2D eigenvalue weighted by molar-refractivity contribution is 6.30. The molecule has 0 aromatic heterocycles. The molecule has 0 amide bonds. The van der Waals surface area contributed by atoms with E-state index in [9.17, 15) is 9.18 Å². The minimum Gasteiger partial charge on any atom is -0.374 e. The van der Waals surface area contributed by atoms with Crippen LogP contribution in [0.15, 0.2) is 60.4 Å². The Labute approximate surface area is 169 Å². The summed E-state index contributed by atoms with van der Waals surface area (Å²) in [5.41, 5.74) is 9.68. The summed E-state index contributed by atoms with van der Waals surface area (Å²) in [6.07, 6.45) is 4.28. The van der Waals surface area contributed by atoms with Crippen LogP contribution in [0.2, 0.25) is 5.02 Å². The highest BCUT2D eigenvalue weighted by Gasteiger charge is 2.33. The molecule has 1 aliphatic rings. The molecule has 1 aliphatic carbocycles. The second-order valence-corrected chi connectivity index (χ2v) is 7.19. The van der Waals surface area contributed by atoms with E-state index in [4.69, 9.17) is 17.3 Å². The van der Waals surface area contributed by atoms with Crippen LogP contribution in [0.4, 0.5) is 4.39 Å². The first-order chi connectivity index (χ1) is 13.5. The predicted octanol–water partition coefficient (Wildman–Crippen LogP) is 3.93. The van der Waals surface area contributed by atoms with Crippen LogP contribution in [0.25, 0.3) is 11.3 Å². The SMILES string of the molecule is CN/C(N/C(=C\C=O)c1ccc(F)cc1)=C(\c1ccc(Cl)cc1)C(N)C1CC1. The van der Waals surface area contributed by atoms with Gasteiger partial charge in [0.25, 0.3) is 0 Å². The fourth-order valence-corrected chi connectivity index (χ4v) is 3.26. The number of hydrogen-bond acceptors (Lipinski definition) is 4. The molecule has 146 valence electrons. The Kier molecular flexibility index (Phi) is 6.49. The number of allylic oxidation sites excluding steroid dienone is 1. The smallest absolute Gasteiger partial charge is 0.144 e. The third-order valence-electron chi connectivity index (χ3n) is 4.79. The predicted molar refractivity (Wildman–Crippen MR) is 112 cm³/mol. The summed E-state index contributed by atoms with van der Waals surface area (Å²) in [4.78, 5) is 11.2. The van der Waals surface area contributed by atoms with Gasteiger partial charge in [-0.2, -0.15) is 0 Å². The number of carbonyl (C=O) groups excluding carboxylic acids is 1. The molecule has 1 saturated carbocycles. The summed E-state index contributed by atoms with van der Waals surface area (Å²) in [5, 5.41) is 7.10. The molecule has 0 radical (unpaired) electrons. The molecule has 1 fully saturated rings. The van der Waals surface area contributed by atoms with Gasteiger partial charge in [-0.05, 0) is 66.3 Å². The van der Waals surface area contributed by atoms with Crippen molar-refractivity contribution < 1.29 is 9.18 Å². The molecule has 1 atom stereocenters. The zero-order valence-electron chi connectivity index (χ0n) is 15.6. The maximum atomic E-state index is 13.3. The Morgan fingerprint density at radius 3 is 2.29 bits per heavy atom. The van der Waals surface area contributed by atoms with E-state index in [1.807, 2.05) is 24.3 Å². The molecule has 0 heterocycles. The monoisotopic (exact) mass is 399 g/mol. The largest absolute Gasteiger partial charge is 0.374 e. The van der Waals surface area contributed by atoms with Crippen LogP contribution in [0.3, 0.4) is 0 Å². The van der Waals surface area contributed by atoms with Crippen molar-refractivity contribution in [1.29, 1.82) is 0 Å². The van der Waals surface area contributed by atoms with Crippen molar-refractivity contribution in [3.05, 3.63) is 82.4 Å². The van der Waals surface area contributed by atoms with Gasteiger partial charge in [-0.3, -0.25) is 4.79 Å². The van der Waals surface area contributed by atoms with Gasteiger partial charge < -0.3 is 16.4 Å². The maximum Gasteiger partial charge on any atom is 0.144 e. The molecular weight excluding hydrogens is 377 g/mol. The first-order valence-electron chi connectivity index (χ1n) is 9.15. The van der Waals surface area contributed by atoms with Gasteiger partial charge in [0.15, 0.2) is 0 Å². The zero-order valence-corrected chi connectivity index (χ0v) is 16.3. The number of nitrogens with one attached hydrogen (secondary N) is 2. The van der Waals surface area contributed by atoms with Gasteiger partial charge in [0, 0.05) is 29.8 Å². The van der Waals surface area contributed by atoms with E-state index in [0.717, 1.165) is 24.0 Å². The van der Waals surface area contributed by atoms with E-state index >= 15 is 0 Å². The van der Waals surface area contributed by atoms with Crippen molar-refractivity contribution in [2.75, 3.05) is 7.05 Å². The Morgan fingerprint density at radius 1 is 1.14 bits per heavy atom. The van der Waals surface area contributed by atoms with Gasteiger partial charge in [-0.1, -0.05) is 23.7 Å². The Balaban J connectivity index is 2.04. The fraction of sp³-hybridized carbons (Fsp3) is 0.227. The van der Waals surface area contributed by atoms with E-state index in [1.165, 1.54) is 18.2 Å². The van der Waals surface area contributed by atoms with E-state index in [2.05, 4.69) is 10.6 Å². The van der Waals surface area contributed by atoms with Crippen molar-refractivity contribution in [2.24, 2.45) is 11.7 Å². The van der Waals surface area contributed by atoms with Gasteiger partial charge in [-0.15, -0.1) is 0 Å². The van der Waals surface area contributed by atoms with Crippen molar-refractivity contribution in [1.82, 2.24) is 10.6 Å². The Hall–Kier alpha value is -2.63. The summed E-state index contributed by atoms with van der Waals surface area (Å²) in [6.45, 7) is 0. The van der Waals surface area contributed by atoms with Crippen LogP contribution in [0.5, 0.6) is 0 Å². The molecule has 28 heavy (non-hydrogen) atoms. The molecule has 2 aromatic carbocycles. The first-order valence-corrected chi connectivity index (χ1v) is 9.53. The third kappa shape index (κ3) is 4.80. The highest BCUT2D eigenvalue weighted by atomic mass is 35.5. The van der Waals surface area contributed by atoms with Gasteiger partial charge in [0.1, 0.15) is 17.9 Å². The average molecular weight is 400 g/mol. The van der Waals surface area contributed by atoms with E-state index in [1.54, 1.807) is 19.2 Å². The lowest BCUT2D eigenvalue weighted by Gasteiger charge is -2.23. The van der Waals surface area contributed by atoms with Crippen LogP contribution in [0, 0.1) is 11.7 Å². The molecule has 0 bridgehead atoms. The van der Waals surface area contributed by atoms with E-state index < -0.39 is 0 Å². The van der Waals surface area contributed by atoms with Crippen molar-refractivity contribution >= 4 is 29.2 Å². The molecule has 0 aliphatic heterocycles. The first kappa shape index (κ1) is 20.1. The number of rotatable bonds is 8. The van der Waals surface area contributed by atoms with Gasteiger partial charge in [0.05, 0.1) is 5.70 Å². The topological polar surface area (TPSA) is 67.1 Å². The summed E-state index contributed by atoms with van der Waals surface area (Å²) >= 11 is 6.05. The van der Waals surface area contributed by atoms with E-state index in [-0.39, 0.29) is 11.9 Å². The van der Waals surface area contributed by atoms with Gasteiger partial charge in [0.2, 0.25) is 0 Å². The third-order valence-corrected chi connectivity index (χ3v) is 5.04. The molecule has 3 rings (SSSR count). The van der Waals surface area contributed by atoms with Gasteiger partial charge >= 0.3 is 0 Å². The van der Waals surface area contributed by atoms with Crippen molar-refractivity contribution in [3.8, 4) is 0 Å². The minimum atomic E-state index is -0.337. The molecule has 1 unspecified atom stereocenters. The molecule has 0 saturated heterocycles. The van der Waals surface area contributed by atoms with Crippen LogP contribution in [-0.2, 0) is 4.79 Å². The summed E-state index contributed by atoms with van der Waals surface area (Å²) < 4.78 is 13.3. The minimum absolute atomic E-state index is 0.165. The number of hydrogen-bond donors (Lipinski definition) is 3. The lowest BCUT2D eigenvalue weighted by molar-refractivity contribution is -0.104. The number of nitrogens with two attached hydrogens (primary N) is 1. The van der Waals surface area contributed by atoms with E-state index in [0.29, 0.717) is 34.3 Å². The van der Waals surface area contributed by atoms with Gasteiger partial charge in [-0.25, -0.2) is 4.39 Å². The number of aldehydes is 1. The zero-order chi connectivity index (χ0) is 20.1. The number of benzene rings is 2. The van der Waals surface area contributed by atoms with Crippen molar-refractivity contribution in [3.63, 3.8) is 0 Å². The quantitative estimate of drug-likeness (QED) is 0.464. The second-order valence-electron chi connectivity index (χ2n) is 6.76. The molecule has 0 spiro atoms. The van der Waals surface area contributed by atoms with Crippen LogP contribution < -0.4 is 16.4 Å². The summed E-state index contributed by atoms with van der Waals surface area (Å²) in [6, 6.07) is 13.3. The molecular formula is C22H23ClFN3O. The number of halogens is 2. The standard InChI is InChI=1S/C22H23ClFN3O/c1-26-22(27-19(12-13-28)14-6-10-18(24)11-7-14)20(21(25)16-2-3-16)15-4-8-17(23)9-5-15/h4-13,16,21,26-27H,2-3,25H2,1H3/b19-12-,22-20-. The maximum absolute atomic E-state index is 13.3. The molecule has 2 aromatic rings. The molecule has 6 heteroatoms.